The largest absolute Gasteiger partial charge is 0.416 e. The Morgan fingerprint density at radius 3 is 2.46 bits per heavy atom. The van der Waals surface area contributed by atoms with Crippen LogP contribution in [0, 0.1) is 0 Å². The van der Waals surface area contributed by atoms with Crippen molar-refractivity contribution in [3.63, 3.8) is 0 Å². The monoisotopic (exact) mass is 568 g/mol. The molecule has 1 fully saturated rings. The van der Waals surface area contributed by atoms with E-state index in [9.17, 15) is 13.2 Å². The minimum Gasteiger partial charge on any atom is -0.383 e. The van der Waals surface area contributed by atoms with Crippen molar-refractivity contribution in [2.24, 2.45) is 0 Å². The van der Waals surface area contributed by atoms with Crippen LogP contribution >= 0.6 is 34.5 Å². The molecule has 13 heteroatoms. The Labute approximate surface area is 224 Å². The van der Waals surface area contributed by atoms with Crippen molar-refractivity contribution in [3.05, 3.63) is 58.1 Å². The number of ether oxygens (including phenoxy) is 1. The lowest BCUT2D eigenvalue weighted by Gasteiger charge is -2.24. The van der Waals surface area contributed by atoms with Gasteiger partial charge in [-0.3, -0.25) is 0 Å². The first-order chi connectivity index (χ1) is 17.7. The zero-order valence-corrected chi connectivity index (χ0v) is 21.8. The van der Waals surface area contributed by atoms with Gasteiger partial charge in [-0.2, -0.15) is 23.1 Å². The van der Waals surface area contributed by atoms with Gasteiger partial charge in [0.25, 0.3) is 0 Å². The molecule has 1 atom stereocenters. The number of rotatable bonds is 7. The van der Waals surface area contributed by atoms with E-state index < -0.39 is 11.7 Å². The van der Waals surface area contributed by atoms with E-state index in [4.69, 9.17) is 37.9 Å². The van der Waals surface area contributed by atoms with Gasteiger partial charge in [0.05, 0.1) is 33.9 Å². The van der Waals surface area contributed by atoms with E-state index in [0.29, 0.717) is 55.3 Å². The number of benzene rings is 2. The fourth-order valence-electron chi connectivity index (χ4n) is 4.15. The van der Waals surface area contributed by atoms with Crippen LogP contribution in [-0.4, -0.2) is 41.3 Å². The first kappa shape index (κ1) is 25.8. The Hall–Kier alpha value is -2.86. The summed E-state index contributed by atoms with van der Waals surface area (Å²) in [4.78, 5) is 16.8. The predicted molar refractivity (Wildman–Crippen MR) is 142 cm³/mol. The molecule has 7 nitrogen and oxygen atoms in total. The maximum atomic E-state index is 13.0. The molecule has 0 saturated carbocycles. The molecule has 0 radical (unpaired) electrons. The lowest BCUT2D eigenvalue weighted by atomic mass is 10.2. The summed E-state index contributed by atoms with van der Waals surface area (Å²) in [7, 11) is 1.65. The zero-order chi connectivity index (χ0) is 26.2. The van der Waals surface area contributed by atoms with Crippen molar-refractivity contribution in [2.45, 2.75) is 25.1 Å². The molecule has 1 aliphatic rings. The third-order valence-corrected chi connectivity index (χ3v) is 7.40. The molecular formula is C24H21Cl2F3N6OS. The fourth-order valence-corrected chi connectivity index (χ4v) is 5.48. The molecule has 0 spiro atoms. The van der Waals surface area contributed by atoms with Crippen LogP contribution in [0.3, 0.4) is 0 Å². The number of methoxy groups -OCH3 is 1. The molecule has 1 aliphatic heterocycles. The van der Waals surface area contributed by atoms with Crippen LogP contribution < -0.4 is 15.5 Å². The average Bonchev–Trinajstić information content (AvgIpc) is 3.48. The fraction of sp³-hybridized carbons (Fsp3) is 0.292. The zero-order valence-electron chi connectivity index (χ0n) is 19.4. The Balaban J connectivity index is 1.55. The highest BCUT2D eigenvalue weighted by Crippen LogP contribution is 2.38. The van der Waals surface area contributed by atoms with E-state index in [-0.39, 0.29) is 6.04 Å². The van der Waals surface area contributed by atoms with Crippen molar-refractivity contribution < 1.29 is 17.9 Å². The smallest absolute Gasteiger partial charge is 0.383 e. The van der Waals surface area contributed by atoms with Gasteiger partial charge in [0, 0.05) is 19.3 Å². The van der Waals surface area contributed by atoms with Crippen molar-refractivity contribution in [3.8, 4) is 0 Å². The molecular weight excluding hydrogens is 548 g/mol. The van der Waals surface area contributed by atoms with Crippen LogP contribution in [0.1, 0.15) is 18.4 Å². The lowest BCUT2D eigenvalue weighted by molar-refractivity contribution is -0.137. The number of fused-ring (bicyclic) bond motifs is 1. The van der Waals surface area contributed by atoms with Crippen LogP contribution in [0.25, 0.3) is 10.3 Å². The number of hydrogen-bond donors (Lipinski definition) is 2. The van der Waals surface area contributed by atoms with Crippen molar-refractivity contribution >= 4 is 73.2 Å². The number of hydrogen-bond acceptors (Lipinski definition) is 8. The van der Waals surface area contributed by atoms with E-state index in [0.717, 1.165) is 31.5 Å². The molecule has 2 N–H and O–H groups in total. The van der Waals surface area contributed by atoms with E-state index in [1.807, 2.05) is 0 Å². The Bertz CT molecular complexity index is 1400. The second-order valence-electron chi connectivity index (χ2n) is 8.41. The number of nitrogens with one attached hydrogen (secondary N) is 2. The predicted octanol–water partition coefficient (Wildman–Crippen LogP) is 7.51. The van der Waals surface area contributed by atoms with Crippen LogP contribution in [-0.2, 0) is 10.9 Å². The molecule has 2 aromatic carbocycles. The van der Waals surface area contributed by atoms with Gasteiger partial charge in [-0.15, -0.1) is 0 Å². The van der Waals surface area contributed by atoms with Gasteiger partial charge in [-0.25, -0.2) is 4.98 Å². The standard InChI is InChI=1S/C24H21Cl2F3N6OS/c1-36-12-15-4-3-11-35(15)22-33-20(30-14-9-7-13(8-10-14)24(27,28)29)19-21(34-22)37-23(32-19)31-18-16(25)5-2-6-17(18)26/h2,5-10,15H,3-4,11-12H2,1H3,(H,31,32)(H,30,33,34)/t15-/m1/s1. The molecule has 37 heavy (non-hydrogen) atoms. The lowest BCUT2D eigenvalue weighted by Crippen LogP contribution is -2.34. The summed E-state index contributed by atoms with van der Waals surface area (Å²) in [5, 5.41) is 7.63. The quantitative estimate of drug-likeness (QED) is 0.239. The first-order valence-corrected chi connectivity index (χ1v) is 12.9. The number of anilines is 5. The Kier molecular flexibility index (Phi) is 7.30. The molecule has 4 aromatic rings. The number of thiazole rings is 1. The highest BCUT2D eigenvalue weighted by molar-refractivity contribution is 7.22. The second kappa shape index (κ2) is 10.5. The Morgan fingerprint density at radius 1 is 1.05 bits per heavy atom. The van der Waals surface area contributed by atoms with Gasteiger partial charge in [-0.1, -0.05) is 40.6 Å². The summed E-state index contributed by atoms with van der Waals surface area (Å²) in [5.74, 6) is 0.866. The van der Waals surface area contributed by atoms with Crippen molar-refractivity contribution in [1.29, 1.82) is 0 Å². The molecule has 5 rings (SSSR count). The maximum Gasteiger partial charge on any atom is 0.416 e. The number of para-hydroxylation sites is 1. The number of aromatic nitrogens is 3. The first-order valence-electron chi connectivity index (χ1n) is 11.3. The molecule has 0 amide bonds. The number of nitrogens with zero attached hydrogens (tertiary/aromatic N) is 4. The van der Waals surface area contributed by atoms with Gasteiger partial charge in [0.15, 0.2) is 15.8 Å². The van der Waals surface area contributed by atoms with E-state index in [1.165, 1.54) is 23.5 Å². The molecule has 3 heterocycles. The molecule has 0 unspecified atom stereocenters. The second-order valence-corrected chi connectivity index (χ2v) is 10.2. The van der Waals surface area contributed by atoms with Crippen molar-refractivity contribution in [2.75, 3.05) is 35.8 Å². The van der Waals surface area contributed by atoms with Crippen LogP contribution in [0.5, 0.6) is 0 Å². The Morgan fingerprint density at radius 2 is 1.78 bits per heavy atom. The van der Waals surface area contributed by atoms with Crippen molar-refractivity contribution in [1.82, 2.24) is 15.0 Å². The van der Waals surface area contributed by atoms with E-state index in [1.54, 1.807) is 25.3 Å². The van der Waals surface area contributed by atoms with E-state index >= 15 is 0 Å². The molecule has 0 aliphatic carbocycles. The molecule has 0 bridgehead atoms. The van der Waals surface area contributed by atoms with Gasteiger partial charge in [-0.05, 0) is 49.2 Å². The highest BCUT2D eigenvalue weighted by Gasteiger charge is 2.30. The molecule has 2 aromatic heterocycles. The number of alkyl halides is 3. The topological polar surface area (TPSA) is 75.2 Å². The van der Waals surface area contributed by atoms with Gasteiger partial charge >= 0.3 is 6.18 Å². The molecule has 194 valence electrons. The van der Waals surface area contributed by atoms with Crippen LogP contribution in [0.15, 0.2) is 42.5 Å². The third-order valence-electron chi connectivity index (χ3n) is 5.91. The minimum atomic E-state index is -4.42. The highest BCUT2D eigenvalue weighted by atomic mass is 35.5. The van der Waals surface area contributed by atoms with Gasteiger partial charge in [0.2, 0.25) is 5.95 Å². The summed E-state index contributed by atoms with van der Waals surface area (Å²) >= 11 is 13.9. The number of halogens is 5. The summed E-state index contributed by atoms with van der Waals surface area (Å²) in [5.41, 5.74) is 0.671. The summed E-state index contributed by atoms with van der Waals surface area (Å²) < 4.78 is 44.5. The normalized spacial score (nSPS) is 15.9. The summed E-state index contributed by atoms with van der Waals surface area (Å²) in [6.07, 6.45) is -2.51. The average molecular weight is 569 g/mol. The summed E-state index contributed by atoms with van der Waals surface area (Å²) in [6.45, 7) is 1.29. The SMILES string of the molecule is COC[C@H]1CCCN1c1nc(Nc2ccc(C(F)(F)F)cc2)c2nc(Nc3c(Cl)cccc3Cl)sc2n1. The molecule has 1 saturated heterocycles. The summed E-state index contributed by atoms with van der Waals surface area (Å²) in [6, 6.07) is 10.0. The minimum absolute atomic E-state index is 0.119. The third kappa shape index (κ3) is 5.54. The van der Waals surface area contributed by atoms with Gasteiger partial charge in [0.1, 0.15) is 5.52 Å². The van der Waals surface area contributed by atoms with Crippen LogP contribution in [0.2, 0.25) is 10.0 Å². The maximum absolute atomic E-state index is 13.0. The van der Waals surface area contributed by atoms with Crippen LogP contribution in [0.4, 0.5) is 41.4 Å². The van der Waals surface area contributed by atoms with Gasteiger partial charge < -0.3 is 20.3 Å². The van der Waals surface area contributed by atoms with E-state index in [2.05, 4.69) is 20.5 Å².